The van der Waals surface area contributed by atoms with Crippen LogP contribution in [0.2, 0.25) is 0 Å². The van der Waals surface area contributed by atoms with Gasteiger partial charge in [0, 0.05) is 6.54 Å². The minimum Gasteiger partial charge on any atom is -0.352 e. The van der Waals surface area contributed by atoms with Crippen molar-refractivity contribution in [3.05, 3.63) is 35.1 Å². The van der Waals surface area contributed by atoms with Crippen LogP contribution in [0.1, 0.15) is 48.0 Å². The van der Waals surface area contributed by atoms with Crippen molar-refractivity contribution < 1.29 is 22.4 Å². The molecule has 1 amide bonds. The lowest BCUT2D eigenvalue weighted by Crippen LogP contribution is -2.31. The second-order valence-corrected chi connectivity index (χ2v) is 5.41. The van der Waals surface area contributed by atoms with Crippen LogP contribution in [0.4, 0.5) is 17.6 Å². The maximum atomic E-state index is 13.5. The first-order chi connectivity index (χ1) is 9.88. The molecule has 0 bridgehead atoms. The van der Waals surface area contributed by atoms with E-state index in [9.17, 15) is 22.4 Å². The van der Waals surface area contributed by atoms with Gasteiger partial charge in [-0.25, -0.2) is 4.39 Å². The summed E-state index contributed by atoms with van der Waals surface area (Å²) in [6.45, 7) is 0.383. The van der Waals surface area contributed by atoms with Crippen molar-refractivity contribution in [2.24, 2.45) is 5.92 Å². The molecule has 2 rings (SSSR count). The van der Waals surface area contributed by atoms with Crippen LogP contribution in [0.15, 0.2) is 18.2 Å². The molecular weight excluding hydrogens is 286 g/mol. The van der Waals surface area contributed by atoms with Crippen LogP contribution in [0.25, 0.3) is 0 Å². The summed E-state index contributed by atoms with van der Waals surface area (Å²) in [5.41, 5.74) is -1.58. The number of benzene rings is 1. The largest absolute Gasteiger partial charge is 0.416 e. The second kappa shape index (κ2) is 6.45. The monoisotopic (exact) mass is 303 g/mol. The Morgan fingerprint density at radius 3 is 2.48 bits per heavy atom. The minimum absolute atomic E-state index is 0.330. The minimum atomic E-state index is -4.59. The summed E-state index contributed by atoms with van der Waals surface area (Å²) in [5, 5.41) is 2.54. The average Bonchev–Trinajstić information content (AvgIpc) is 2.45. The predicted molar refractivity (Wildman–Crippen MR) is 70.3 cm³/mol. The van der Waals surface area contributed by atoms with Crippen molar-refractivity contribution >= 4 is 5.91 Å². The molecule has 6 heteroatoms. The Labute approximate surface area is 120 Å². The normalized spacial score (nSPS) is 16.8. The van der Waals surface area contributed by atoms with Crippen LogP contribution in [-0.4, -0.2) is 12.5 Å². The number of hydrogen-bond donors (Lipinski definition) is 1. The van der Waals surface area contributed by atoms with Crippen LogP contribution >= 0.6 is 0 Å². The zero-order valence-electron chi connectivity index (χ0n) is 11.5. The molecule has 1 fully saturated rings. The van der Waals surface area contributed by atoms with Crippen molar-refractivity contribution in [1.29, 1.82) is 0 Å². The average molecular weight is 303 g/mol. The standard InChI is InChI=1S/C15H17F4NO/c16-13-7-6-11(15(17,18)19)8-12(13)14(21)20-9-10-4-2-1-3-5-10/h6-8,10H,1-5,9H2,(H,20,21). The highest BCUT2D eigenvalue weighted by Gasteiger charge is 2.32. The lowest BCUT2D eigenvalue weighted by Gasteiger charge is -2.21. The van der Waals surface area contributed by atoms with Gasteiger partial charge in [0.05, 0.1) is 11.1 Å². The van der Waals surface area contributed by atoms with E-state index in [1.807, 2.05) is 0 Å². The molecule has 0 radical (unpaired) electrons. The Morgan fingerprint density at radius 2 is 1.86 bits per heavy atom. The fourth-order valence-corrected chi connectivity index (χ4v) is 2.60. The highest BCUT2D eigenvalue weighted by molar-refractivity contribution is 5.94. The quantitative estimate of drug-likeness (QED) is 0.835. The fraction of sp³-hybridized carbons (Fsp3) is 0.533. The van der Waals surface area contributed by atoms with Gasteiger partial charge in [0.2, 0.25) is 0 Å². The molecule has 1 aromatic rings. The molecule has 0 heterocycles. The third kappa shape index (κ3) is 4.19. The SMILES string of the molecule is O=C(NCC1CCCCC1)c1cc(C(F)(F)F)ccc1F. The van der Waals surface area contributed by atoms with Crippen molar-refractivity contribution in [2.75, 3.05) is 6.54 Å². The lowest BCUT2D eigenvalue weighted by molar-refractivity contribution is -0.137. The predicted octanol–water partition coefficient (Wildman–Crippen LogP) is 4.15. The number of amides is 1. The topological polar surface area (TPSA) is 29.1 Å². The molecule has 0 aromatic heterocycles. The Kier molecular flexibility index (Phi) is 4.85. The van der Waals surface area contributed by atoms with Crippen molar-refractivity contribution in [2.45, 2.75) is 38.3 Å². The summed E-state index contributed by atoms with van der Waals surface area (Å²) in [6, 6.07) is 1.87. The molecule has 2 nitrogen and oxygen atoms in total. The summed E-state index contributed by atoms with van der Waals surface area (Å²) in [4.78, 5) is 11.9. The second-order valence-electron chi connectivity index (χ2n) is 5.41. The molecule has 0 aliphatic heterocycles. The van der Waals surface area contributed by atoms with Crippen LogP contribution in [0.5, 0.6) is 0 Å². The van der Waals surface area contributed by atoms with Gasteiger partial charge in [-0.2, -0.15) is 13.2 Å². The van der Waals surface area contributed by atoms with Crippen LogP contribution in [-0.2, 0) is 6.18 Å². The first-order valence-electron chi connectivity index (χ1n) is 7.03. The fourth-order valence-electron chi connectivity index (χ4n) is 2.60. The molecule has 0 unspecified atom stereocenters. The van der Waals surface area contributed by atoms with Gasteiger partial charge < -0.3 is 5.32 Å². The van der Waals surface area contributed by atoms with Gasteiger partial charge in [0.15, 0.2) is 0 Å². The third-order valence-electron chi connectivity index (χ3n) is 3.81. The summed E-state index contributed by atoms with van der Waals surface area (Å²) in [6.07, 6.45) is 0.756. The molecule has 116 valence electrons. The Hall–Kier alpha value is -1.59. The van der Waals surface area contributed by atoms with Gasteiger partial charge in [0.25, 0.3) is 5.91 Å². The number of alkyl halides is 3. The molecule has 1 aromatic carbocycles. The van der Waals surface area contributed by atoms with Gasteiger partial charge >= 0.3 is 6.18 Å². The number of halogens is 4. The van der Waals surface area contributed by atoms with Crippen LogP contribution < -0.4 is 5.32 Å². The molecule has 1 saturated carbocycles. The Bertz CT molecular complexity index is 507. The summed E-state index contributed by atoms with van der Waals surface area (Å²) in [5.74, 6) is -1.40. The molecule has 0 atom stereocenters. The van der Waals surface area contributed by atoms with E-state index in [1.54, 1.807) is 0 Å². The highest BCUT2D eigenvalue weighted by Crippen LogP contribution is 2.30. The smallest absolute Gasteiger partial charge is 0.352 e. The van der Waals surface area contributed by atoms with Crippen molar-refractivity contribution in [3.63, 3.8) is 0 Å². The van der Waals surface area contributed by atoms with E-state index in [-0.39, 0.29) is 0 Å². The van der Waals surface area contributed by atoms with Crippen LogP contribution in [0.3, 0.4) is 0 Å². The number of hydrogen-bond acceptors (Lipinski definition) is 1. The van der Waals surface area contributed by atoms with E-state index in [4.69, 9.17) is 0 Å². The van der Waals surface area contributed by atoms with Gasteiger partial charge in [-0.05, 0) is 37.0 Å². The van der Waals surface area contributed by atoms with Gasteiger partial charge in [-0.1, -0.05) is 19.3 Å². The lowest BCUT2D eigenvalue weighted by atomic mass is 9.89. The zero-order valence-corrected chi connectivity index (χ0v) is 11.5. The highest BCUT2D eigenvalue weighted by atomic mass is 19.4. The Morgan fingerprint density at radius 1 is 1.19 bits per heavy atom. The number of rotatable bonds is 3. The van der Waals surface area contributed by atoms with E-state index >= 15 is 0 Å². The van der Waals surface area contributed by atoms with E-state index in [2.05, 4.69) is 5.32 Å². The summed E-state index contributed by atoms with van der Waals surface area (Å²) in [7, 11) is 0. The first-order valence-corrected chi connectivity index (χ1v) is 7.03. The molecule has 21 heavy (non-hydrogen) atoms. The van der Waals surface area contributed by atoms with Gasteiger partial charge in [-0.15, -0.1) is 0 Å². The maximum absolute atomic E-state index is 13.5. The number of nitrogens with one attached hydrogen (secondary N) is 1. The number of carbonyl (C=O) groups excluding carboxylic acids is 1. The molecule has 0 saturated heterocycles. The summed E-state index contributed by atoms with van der Waals surface area (Å²) < 4.78 is 51.3. The van der Waals surface area contributed by atoms with Crippen molar-refractivity contribution in [1.82, 2.24) is 5.32 Å². The van der Waals surface area contributed by atoms with Crippen LogP contribution in [0, 0.1) is 11.7 Å². The molecular formula is C15H17F4NO. The van der Waals surface area contributed by atoms with Crippen molar-refractivity contribution in [3.8, 4) is 0 Å². The van der Waals surface area contributed by atoms with Gasteiger partial charge in [0.1, 0.15) is 5.82 Å². The summed E-state index contributed by atoms with van der Waals surface area (Å²) >= 11 is 0. The number of carbonyl (C=O) groups is 1. The van der Waals surface area contributed by atoms with E-state index in [1.165, 1.54) is 6.42 Å². The molecule has 1 aliphatic carbocycles. The molecule has 0 spiro atoms. The maximum Gasteiger partial charge on any atom is 0.416 e. The first kappa shape index (κ1) is 15.8. The molecule has 1 N–H and O–H groups in total. The Balaban J connectivity index is 2.04. The van der Waals surface area contributed by atoms with Gasteiger partial charge in [-0.3, -0.25) is 4.79 Å². The molecule has 1 aliphatic rings. The zero-order chi connectivity index (χ0) is 15.5. The van der Waals surface area contributed by atoms with E-state index in [0.29, 0.717) is 30.7 Å². The van der Waals surface area contributed by atoms with E-state index < -0.39 is 29.0 Å². The third-order valence-corrected chi connectivity index (χ3v) is 3.81. The van der Waals surface area contributed by atoms with E-state index in [0.717, 1.165) is 25.7 Å².